The number of unbranched alkanes of at least 4 members (excludes halogenated alkanes) is 1. The molecule has 8 rings (SSSR count). The lowest BCUT2D eigenvalue weighted by Gasteiger charge is -2.48. The van der Waals surface area contributed by atoms with E-state index in [2.05, 4.69) is 64.7 Å². The molecule has 0 bridgehead atoms. The van der Waals surface area contributed by atoms with Gasteiger partial charge in [-0.05, 0) is 169 Å². The molecule has 4 aliphatic heterocycles. The maximum atomic E-state index is 13.1. The molecule has 11 nitrogen and oxygen atoms in total. The van der Waals surface area contributed by atoms with Gasteiger partial charge in [0.2, 0.25) is 0 Å². The van der Waals surface area contributed by atoms with Gasteiger partial charge >= 0.3 is 12.4 Å². The lowest BCUT2D eigenvalue weighted by atomic mass is 9.86. The van der Waals surface area contributed by atoms with Crippen LogP contribution in [0.2, 0.25) is 0 Å². The van der Waals surface area contributed by atoms with Crippen molar-refractivity contribution in [2.45, 2.75) is 116 Å². The monoisotopic (exact) mass is 966 g/mol. The minimum atomic E-state index is -4.52. The van der Waals surface area contributed by atoms with Crippen LogP contribution >= 0.6 is 0 Å². The number of piperazine rings is 2. The number of rotatable bonds is 10. The van der Waals surface area contributed by atoms with E-state index in [0.717, 1.165) is 106 Å². The molecule has 2 amide bonds. The fourth-order valence-electron chi connectivity index (χ4n) is 10.5. The van der Waals surface area contributed by atoms with Crippen LogP contribution in [0.5, 0.6) is 11.5 Å². The van der Waals surface area contributed by atoms with Crippen LogP contribution in [0, 0.1) is 27.7 Å². The highest BCUT2D eigenvalue weighted by Gasteiger charge is 2.40. The zero-order valence-electron chi connectivity index (χ0n) is 40.5. The summed E-state index contributed by atoms with van der Waals surface area (Å²) in [5, 5.41) is 10.00. The molecule has 0 radical (unpaired) electrons. The van der Waals surface area contributed by atoms with Gasteiger partial charge in [0.1, 0.15) is 22.9 Å². The Hall–Kier alpha value is -5.26. The summed E-state index contributed by atoms with van der Waals surface area (Å²) >= 11 is 0. The van der Waals surface area contributed by atoms with Gasteiger partial charge in [0.25, 0.3) is 11.8 Å². The van der Waals surface area contributed by atoms with E-state index in [9.17, 15) is 41.0 Å². The predicted octanol–water partition coefficient (Wildman–Crippen LogP) is 9.96. The number of hydrogen-bond acceptors (Lipinski definition) is 9. The third-order valence-electron chi connectivity index (χ3n) is 14.6. The van der Waals surface area contributed by atoms with Crippen molar-refractivity contribution in [3.8, 4) is 11.5 Å². The normalized spacial score (nSPS) is 21.3. The molecule has 0 spiro atoms. The first kappa shape index (κ1) is 51.6. The molecule has 4 fully saturated rings. The molecule has 4 saturated heterocycles. The number of aromatic nitrogens is 2. The van der Waals surface area contributed by atoms with E-state index in [4.69, 9.17) is 4.74 Å². The molecule has 2 aromatic carbocycles. The van der Waals surface area contributed by atoms with Crippen LogP contribution in [0.4, 0.5) is 26.3 Å². The largest absolute Gasteiger partial charge is 0.508 e. The molecule has 1 N–H and O–H groups in total. The number of piperidine rings is 2. The average molecular weight is 966 g/mol. The minimum absolute atomic E-state index is 0.179. The molecular weight excluding hydrogens is 901 g/mol. The van der Waals surface area contributed by atoms with Gasteiger partial charge < -0.3 is 24.5 Å². The van der Waals surface area contributed by atoms with Crippen LogP contribution in [-0.2, 0) is 12.4 Å². The number of halogens is 6. The Morgan fingerprint density at radius 3 is 1.57 bits per heavy atom. The number of alkyl halides is 6. The second kappa shape index (κ2) is 21.8. The van der Waals surface area contributed by atoms with Gasteiger partial charge in [-0.3, -0.25) is 29.4 Å². The first-order valence-electron chi connectivity index (χ1n) is 24.1. The van der Waals surface area contributed by atoms with E-state index < -0.39 is 23.7 Å². The molecule has 17 heteroatoms. The lowest BCUT2D eigenvalue weighted by molar-refractivity contribution is -0.142. The highest BCUT2D eigenvalue weighted by Crippen LogP contribution is 2.41. The molecule has 4 atom stereocenters. The number of phenols is 1. The van der Waals surface area contributed by atoms with E-state index in [1.807, 2.05) is 19.9 Å². The van der Waals surface area contributed by atoms with Gasteiger partial charge in [-0.25, -0.2) is 0 Å². The van der Waals surface area contributed by atoms with Crippen LogP contribution < -0.4 is 4.74 Å². The van der Waals surface area contributed by atoms with E-state index in [1.54, 1.807) is 15.9 Å². The number of carbonyl (C=O) groups is 2. The summed E-state index contributed by atoms with van der Waals surface area (Å²) in [4.78, 5) is 43.4. The van der Waals surface area contributed by atoms with Gasteiger partial charge in [0.15, 0.2) is 0 Å². The summed E-state index contributed by atoms with van der Waals surface area (Å²) in [6.07, 6.45) is 1.32. The number of carbonyl (C=O) groups excluding carboxylic acids is 2. The Bertz CT molecular complexity index is 2410. The summed E-state index contributed by atoms with van der Waals surface area (Å²) in [6.45, 7) is 13.6. The highest BCUT2D eigenvalue weighted by atomic mass is 19.4. The first-order chi connectivity index (χ1) is 32.7. The average Bonchev–Trinajstić information content (AvgIpc) is 3.33. The quantitative estimate of drug-likeness (QED) is 0.123. The first-order valence-corrected chi connectivity index (χ1v) is 24.1. The van der Waals surface area contributed by atoms with E-state index >= 15 is 0 Å². The summed E-state index contributed by atoms with van der Waals surface area (Å²) in [6, 6.07) is 13.2. The maximum absolute atomic E-state index is 13.1. The fourth-order valence-corrected chi connectivity index (χ4v) is 10.5. The third-order valence-corrected chi connectivity index (χ3v) is 14.6. The van der Waals surface area contributed by atoms with Gasteiger partial charge in [0, 0.05) is 75.8 Å². The lowest BCUT2D eigenvalue weighted by Crippen LogP contribution is -2.57. The molecule has 4 aliphatic rings. The van der Waals surface area contributed by atoms with Crippen molar-refractivity contribution in [2.75, 3.05) is 66.5 Å². The van der Waals surface area contributed by atoms with Gasteiger partial charge in [-0.2, -0.15) is 26.3 Å². The molecule has 4 aromatic rings. The second-order valence-corrected chi connectivity index (χ2v) is 19.2. The zero-order chi connectivity index (χ0) is 49.8. The number of hydrogen-bond donors (Lipinski definition) is 1. The van der Waals surface area contributed by atoms with Crippen molar-refractivity contribution in [1.82, 2.24) is 34.5 Å². The smallest absolute Gasteiger partial charge is 0.433 e. The molecular formula is C52H65F6N7O4. The number of phenolic OH excluding ortho intramolecular Hbond substituents is 1. The van der Waals surface area contributed by atoms with Crippen molar-refractivity contribution in [1.29, 1.82) is 0 Å². The van der Waals surface area contributed by atoms with Crippen molar-refractivity contribution in [3.05, 3.63) is 117 Å². The Morgan fingerprint density at radius 2 is 1.12 bits per heavy atom. The molecule has 6 heterocycles. The number of benzene rings is 2. The van der Waals surface area contributed by atoms with Crippen LogP contribution in [0.25, 0.3) is 0 Å². The fraction of sp³-hybridized carbons (Fsp3) is 0.538. The number of nitrogens with zero attached hydrogens (tertiary/aromatic N) is 7. The van der Waals surface area contributed by atoms with Gasteiger partial charge in [0.05, 0.1) is 17.7 Å². The second-order valence-electron chi connectivity index (χ2n) is 19.2. The summed E-state index contributed by atoms with van der Waals surface area (Å²) in [5.74, 6) is 0.713. The van der Waals surface area contributed by atoms with Crippen molar-refractivity contribution in [2.24, 2.45) is 0 Å². The molecule has 2 aromatic heterocycles. The van der Waals surface area contributed by atoms with Crippen LogP contribution in [0.15, 0.2) is 60.9 Å². The number of pyridine rings is 2. The molecule has 0 saturated carbocycles. The Balaban J connectivity index is 0.000000208. The van der Waals surface area contributed by atoms with Crippen molar-refractivity contribution >= 4 is 11.8 Å². The van der Waals surface area contributed by atoms with Crippen LogP contribution in [-0.4, -0.2) is 130 Å². The summed E-state index contributed by atoms with van der Waals surface area (Å²) < 4.78 is 82.9. The van der Waals surface area contributed by atoms with E-state index in [-0.39, 0.29) is 47.1 Å². The summed E-state index contributed by atoms with van der Waals surface area (Å²) in [5.41, 5.74) is 5.36. The number of ether oxygens (including phenoxy) is 1. The highest BCUT2D eigenvalue weighted by molar-refractivity contribution is 5.94. The van der Waals surface area contributed by atoms with Gasteiger partial charge in [-0.1, -0.05) is 12.1 Å². The Morgan fingerprint density at radius 1 is 0.638 bits per heavy atom. The standard InChI is InChI=1S/C29H39F3N4O2.C23H26F3N3O2/c1-20-21(2)26(38-17-6-5-14-34(3)4)12-11-24(20)25-9-7-8-23-19-35(15-16-36(23)25)28(37)22-10-13-27(33-18-22)29(30,31)32;1-14-15(2)20(30)8-7-18(14)19-5-3-4-17-13-28(10-11-29(17)19)22(31)16-6-9-21(27-12-16)23(24,25)26/h10-13,18,23,25H,5-9,14-17,19H2,1-4H3;6-9,12,17,19,30H,3-5,10-11,13H2,1-2H3/t23-,25+;17-,19+/m00/s1. The van der Waals surface area contributed by atoms with E-state index in [1.165, 1.54) is 34.4 Å². The number of aromatic hydroxyl groups is 1. The predicted molar refractivity (Wildman–Crippen MR) is 251 cm³/mol. The minimum Gasteiger partial charge on any atom is -0.508 e. The third kappa shape index (κ3) is 12.0. The molecule has 69 heavy (non-hydrogen) atoms. The maximum Gasteiger partial charge on any atom is 0.433 e. The van der Waals surface area contributed by atoms with Crippen molar-refractivity contribution < 1.29 is 45.8 Å². The van der Waals surface area contributed by atoms with Crippen LogP contribution in [0.3, 0.4) is 0 Å². The number of fused-ring (bicyclic) bond motifs is 2. The van der Waals surface area contributed by atoms with E-state index in [0.29, 0.717) is 45.1 Å². The Kier molecular flexibility index (Phi) is 16.3. The molecule has 0 unspecified atom stereocenters. The Labute approximate surface area is 401 Å². The number of amides is 2. The molecule has 374 valence electrons. The van der Waals surface area contributed by atoms with Crippen LogP contribution in [0.1, 0.15) is 129 Å². The molecule has 0 aliphatic carbocycles. The topological polar surface area (TPSA) is 106 Å². The summed E-state index contributed by atoms with van der Waals surface area (Å²) in [7, 11) is 4.16. The zero-order valence-corrected chi connectivity index (χ0v) is 40.5. The van der Waals surface area contributed by atoms with Crippen molar-refractivity contribution in [3.63, 3.8) is 0 Å². The van der Waals surface area contributed by atoms with Gasteiger partial charge in [-0.15, -0.1) is 0 Å². The SMILES string of the molecule is Cc1c(O)ccc([C@H]2CCC[C@H]3CN(C(=O)c4ccc(C(F)(F)F)nc4)CCN32)c1C.Cc1c(OCCCCN(C)C)ccc([C@H]2CCC[C@H]3CN(C(=O)c4ccc(C(F)(F)F)nc4)CCN32)c1C.